The van der Waals surface area contributed by atoms with Gasteiger partial charge in [0, 0.05) is 0 Å². The van der Waals surface area contributed by atoms with Crippen molar-refractivity contribution in [1.29, 1.82) is 0 Å². The fourth-order valence-electron chi connectivity index (χ4n) is 3.64. The van der Waals surface area contributed by atoms with E-state index < -0.39 is 0 Å². The third kappa shape index (κ3) is 3.21. The van der Waals surface area contributed by atoms with E-state index >= 15 is 0 Å². The molecular formula is C19H22O2. The molecule has 2 nitrogen and oxygen atoms in total. The topological polar surface area (TPSA) is 40.5 Å². The van der Waals surface area contributed by atoms with Crippen LogP contribution in [-0.2, 0) is 0 Å². The normalized spacial score (nSPS) is 25.7. The average molecular weight is 282 g/mol. The highest BCUT2D eigenvalue weighted by Crippen LogP contribution is 2.44. The summed E-state index contributed by atoms with van der Waals surface area (Å²) in [6.45, 7) is 2.32. The highest BCUT2D eigenvalue weighted by molar-refractivity contribution is 5.32. The number of phenols is 2. The van der Waals surface area contributed by atoms with Gasteiger partial charge in [-0.1, -0.05) is 31.2 Å². The monoisotopic (exact) mass is 282 g/mol. The van der Waals surface area contributed by atoms with E-state index in [1.807, 2.05) is 24.3 Å². The molecule has 1 aliphatic carbocycles. The molecular weight excluding hydrogens is 260 g/mol. The summed E-state index contributed by atoms with van der Waals surface area (Å²) in [5, 5.41) is 18.9. The van der Waals surface area contributed by atoms with Crippen molar-refractivity contribution in [2.75, 3.05) is 0 Å². The van der Waals surface area contributed by atoms with Gasteiger partial charge in [0.05, 0.1) is 0 Å². The van der Waals surface area contributed by atoms with Crippen molar-refractivity contribution in [3.05, 3.63) is 59.7 Å². The Morgan fingerprint density at radius 3 is 1.43 bits per heavy atom. The minimum atomic E-state index is 0.331. The van der Waals surface area contributed by atoms with Crippen LogP contribution in [0, 0.1) is 5.92 Å². The number of aromatic hydroxyl groups is 2. The van der Waals surface area contributed by atoms with Crippen molar-refractivity contribution in [3.8, 4) is 11.5 Å². The lowest BCUT2D eigenvalue weighted by Gasteiger charge is -2.34. The maximum absolute atomic E-state index is 9.44. The van der Waals surface area contributed by atoms with Gasteiger partial charge >= 0.3 is 0 Å². The van der Waals surface area contributed by atoms with Gasteiger partial charge in [-0.25, -0.2) is 0 Å². The Labute approximate surface area is 126 Å². The highest BCUT2D eigenvalue weighted by Gasteiger charge is 2.28. The predicted octanol–water partition coefficient (Wildman–Crippen LogP) is 4.79. The first kappa shape index (κ1) is 14.0. The van der Waals surface area contributed by atoms with Crippen molar-refractivity contribution < 1.29 is 10.2 Å². The summed E-state index contributed by atoms with van der Waals surface area (Å²) >= 11 is 0. The Hall–Kier alpha value is -1.96. The van der Waals surface area contributed by atoms with E-state index in [1.54, 1.807) is 24.3 Å². The maximum Gasteiger partial charge on any atom is 0.115 e. The van der Waals surface area contributed by atoms with Gasteiger partial charge < -0.3 is 10.2 Å². The number of benzene rings is 2. The molecule has 0 amide bonds. The fourth-order valence-corrected chi connectivity index (χ4v) is 3.64. The molecule has 0 spiro atoms. The number of rotatable bonds is 2. The lowest BCUT2D eigenvalue weighted by Crippen LogP contribution is -2.18. The van der Waals surface area contributed by atoms with Gasteiger partial charge in [0.25, 0.3) is 0 Å². The van der Waals surface area contributed by atoms with E-state index in [4.69, 9.17) is 0 Å². The van der Waals surface area contributed by atoms with Crippen LogP contribution in [0.3, 0.4) is 0 Å². The largest absolute Gasteiger partial charge is 0.508 e. The molecule has 1 aliphatic rings. The third-order valence-corrected chi connectivity index (χ3v) is 4.67. The molecule has 2 atom stereocenters. The van der Waals surface area contributed by atoms with Crippen molar-refractivity contribution >= 4 is 0 Å². The number of hydrogen-bond acceptors (Lipinski definition) is 2. The molecule has 21 heavy (non-hydrogen) atoms. The van der Waals surface area contributed by atoms with Crippen molar-refractivity contribution in [2.24, 2.45) is 5.92 Å². The molecule has 1 saturated carbocycles. The Morgan fingerprint density at radius 1 is 0.667 bits per heavy atom. The zero-order chi connectivity index (χ0) is 14.8. The van der Waals surface area contributed by atoms with Gasteiger partial charge in [0.15, 0.2) is 0 Å². The molecule has 3 rings (SSSR count). The van der Waals surface area contributed by atoms with E-state index in [9.17, 15) is 10.2 Å². The van der Waals surface area contributed by atoms with E-state index in [0.29, 0.717) is 29.3 Å². The smallest absolute Gasteiger partial charge is 0.115 e. The zero-order valence-corrected chi connectivity index (χ0v) is 12.4. The molecule has 0 radical (unpaired) electrons. The summed E-state index contributed by atoms with van der Waals surface area (Å²) in [6.07, 6.45) is 3.55. The van der Waals surface area contributed by atoms with Crippen LogP contribution >= 0.6 is 0 Å². The Kier molecular flexibility index (Phi) is 3.87. The van der Waals surface area contributed by atoms with E-state index in [-0.39, 0.29) is 0 Å². The van der Waals surface area contributed by atoms with Gasteiger partial charge in [0.1, 0.15) is 11.5 Å². The quantitative estimate of drug-likeness (QED) is 0.831. The van der Waals surface area contributed by atoms with Gasteiger partial charge in [0.2, 0.25) is 0 Å². The van der Waals surface area contributed by atoms with Crippen LogP contribution in [0.25, 0.3) is 0 Å². The Bertz CT molecular complexity index is 532. The minimum absolute atomic E-state index is 0.331. The first-order valence-corrected chi connectivity index (χ1v) is 7.69. The third-order valence-electron chi connectivity index (χ3n) is 4.67. The summed E-state index contributed by atoms with van der Waals surface area (Å²) in [5.74, 6) is 2.45. The van der Waals surface area contributed by atoms with Crippen LogP contribution in [0.15, 0.2) is 48.5 Å². The molecule has 2 heteroatoms. The van der Waals surface area contributed by atoms with Crippen LogP contribution in [0.5, 0.6) is 11.5 Å². The van der Waals surface area contributed by atoms with E-state index in [1.165, 1.54) is 24.0 Å². The van der Waals surface area contributed by atoms with Crippen molar-refractivity contribution in [3.63, 3.8) is 0 Å². The van der Waals surface area contributed by atoms with Crippen molar-refractivity contribution in [2.45, 2.75) is 38.0 Å². The SMILES string of the molecule is CC1CC(c2ccc(O)cc2)CC(c2ccc(O)cc2)C1. The second-order valence-corrected chi connectivity index (χ2v) is 6.39. The van der Waals surface area contributed by atoms with Crippen molar-refractivity contribution in [1.82, 2.24) is 0 Å². The lowest BCUT2D eigenvalue weighted by molar-refractivity contribution is 0.307. The minimum Gasteiger partial charge on any atom is -0.508 e. The molecule has 2 aromatic rings. The molecule has 0 aliphatic heterocycles. The standard InChI is InChI=1S/C19H22O2/c1-13-10-16(14-2-6-18(20)7-3-14)12-17(11-13)15-4-8-19(21)9-5-15/h2-9,13,16-17,20-21H,10-12H2,1H3. The first-order chi connectivity index (χ1) is 10.1. The maximum atomic E-state index is 9.44. The van der Waals surface area contributed by atoms with Crippen LogP contribution in [0.4, 0.5) is 0 Å². The molecule has 0 saturated heterocycles. The van der Waals surface area contributed by atoms with E-state index in [2.05, 4.69) is 6.92 Å². The number of phenolic OH excluding ortho intramolecular Hbond substituents is 2. The lowest BCUT2D eigenvalue weighted by atomic mass is 9.71. The second-order valence-electron chi connectivity index (χ2n) is 6.39. The van der Waals surface area contributed by atoms with Gasteiger partial charge in [-0.15, -0.1) is 0 Å². The molecule has 0 aromatic heterocycles. The Morgan fingerprint density at radius 2 is 1.05 bits per heavy atom. The van der Waals surface area contributed by atoms with Crippen LogP contribution in [0.1, 0.15) is 49.1 Å². The van der Waals surface area contributed by atoms with Crippen LogP contribution < -0.4 is 0 Å². The molecule has 0 heterocycles. The van der Waals surface area contributed by atoms with E-state index in [0.717, 1.165) is 6.42 Å². The average Bonchev–Trinajstić information content (AvgIpc) is 2.48. The van der Waals surface area contributed by atoms with Crippen LogP contribution in [0.2, 0.25) is 0 Å². The molecule has 1 fully saturated rings. The number of hydrogen-bond donors (Lipinski definition) is 2. The van der Waals surface area contributed by atoms with Gasteiger partial charge in [-0.3, -0.25) is 0 Å². The van der Waals surface area contributed by atoms with Gasteiger partial charge in [-0.05, 0) is 72.4 Å². The zero-order valence-electron chi connectivity index (χ0n) is 12.4. The highest BCUT2D eigenvalue weighted by atomic mass is 16.3. The summed E-state index contributed by atoms with van der Waals surface area (Å²) in [4.78, 5) is 0. The summed E-state index contributed by atoms with van der Waals surface area (Å²) in [7, 11) is 0. The van der Waals surface area contributed by atoms with Gasteiger partial charge in [-0.2, -0.15) is 0 Å². The first-order valence-electron chi connectivity index (χ1n) is 7.69. The summed E-state index contributed by atoms with van der Waals surface area (Å²) in [5.41, 5.74) is 2.64. The molecule has 110 valence electrons. The molecule has 2 aromatic carbocycles. The van der Waals surface area contributed by atoms with Crippen LogP contribution in [-0.4, -0.2) is 10.2 Å². The molecule has 2 N–H and O–H groups in total. The Balaban J connectivity index is 1.81. The molecule has 2 unspecified atom stereocenters. The summed E-state index contributed by atoms with van der Waals surface area (Å²) in [6, 6.07) is 15.3. The second kappa shape index (κ2) is 5.80. The predicted molar refractivity (Wildman–Crippen MR) is 84.7 cm³/mol. The summed E-state index contributed by atoms with van der Waals surface area (Å²) < 4.78 is 0. The fraction of sp³-hybridized carbons (Fsp3) is 0.368. The molecule has 0 bridgehead atoms.